The molecule has 0 spiro atoms. The molecule has 164 valence electrons. The fourth-order valence-corrected chi connectivity index (χ4v) is 3.92. The van der Waals surface area contributed by atoms with Gasteiger partial charge in [0.05, 0.1) is 53.3 Å². The fraction of sp³-hybridized carbons (Fsp3) is 0.381. The molecule has 1 saturated heterocycles. The molecule has 1 fully saturated rings. The van der Waals surface area contributed by atoms with Crippen LogP contribution in [0.25, 0.3) is 16.6 Å². The number of nitrogens with zero attached hydrogens (tertiary/aromatic N) is 4. The summed E-state index contributed by atoms with van der Waals surface area (Å²) in [4.78, 5) is 21.8. The zero-order valence-corrected chi connectivity index (χ0v) is 18.2. The Morgan fingerprint density at radius 1 is 1.35 bits per heavy atom. The van der Waals surface area contributed by atoms with E-state index in [2.05, 4.69) is 9.88 Å². The number of carbonyl (C=O) groups is 1. The van der Waals surface area contributed by atoms with Crippen LogP contribution in [0.5, 0.6) is 0 Å². The van der Waals surface area contributed by atoms with Crippen molar-refractivity contribution in [1.29, 1.82) is 0 Å². The van der Waals surface area contributed by atoms with E-state index in [0.717, 1.165) is 29.9 Å². The monoisotopic (exact) mass is 464 g/mol. The number of ether oxygens (including phenoxy) is 2. The maximum Gasteiger partial charge on any atom is 0.305 e. The molecule has 1 aliphatic heterocycles. The summed E-state index contributed by atoms with van der Waals surface area (Å²) in [6.45, 7) is 2.39. The van der Waals surface area contributed by atoms with Gasteiger partial charge in [0.2, 0.25) is 0 Å². The van der Waals surface area contributed by atoms with Gasteiger partial charge in [0.1, 0.15) is 5.82 Å². The first-order valence-corrected chi connectivity index (χ1v) is 10.7. The summed E-state index contributed by atoms with van der Waals surface area (Å²) in [6, 6.07) is 5.67. The number of imidazole rings is 1. The number of anilines is 1. The standard InChI is InChI=1S/C21H22Cl2N4O4/c22-16-3-2-15-17(27-7-5-24-13-27)10-18(25-21(15)20(16)23)26-6-1-8-31-14(11-26)12-30-9-4-19(28)29/h2-3,5,7,10,13-14H,1,4,6,8-9,11-12H2,(H,28,29). The molecule has 0 radical (unpaired) electrons. The van der Waals surface area contributed by atoms with E-state index in [-0.39, 0.29) is 19.1 Å². The third kappa shape index (κ3) is 5.10. The molecule has 0 amide bonds. The van der Waals surface area contributed by atoms with Crippen LogP contribution < -0.4 is 4.90 Å². The highest BCUT2D eigenvalue weighted by atomic mass is 35.5. The van der Waals surface area contributed by atoms with E-state index in [1.807, 2.05) is 22.9 Å². The molecule has 1 unspecified atom stereocenters. The number of aliphatic carboxylic acids is 1. The van der Waals surface area contributed by atoms with Crippen molar-refractivity contribution in [3.8, 4) is 5.69 Å². The third-order valence-electron chi connectivity index (χ3n) is 5.06. The van der Waals surface area contributed by atoms with Gasteiger partial charge in [-0.2, -0.15) is 0 Å². The summed E-state index contributed by atoms with van der Waals surface area (Å²) in [7, 11) is 0. The lowest BCUT2D eigenvalue weighted by Gasteiger charge is -2.26. The summed E-state index contributed by atoms with van der Waals surface area (Å²) in [5.74, 6) is -0.132. The molecule has 3 heterocycles. The minimum atomic E-state index is -0.883. The van der Waals surface area contributed by atoms with Crippen molar-refractivity contribution >= 4 is 45.9 Å². The second kappa shape index (κ2) is 9.82. The molecule has 10 heteroatoms. The number of halogens is 2. The number of aromatic nitrogens is 3. The zero-order chi connectivity index (χ0) is 21.8. The summed E-state index contributed by atoms with van der Waals surface area (Å²) >= 11 is 12.8. The van der Waals surface area contributed by atoms with Gasteiger partial charge in [0.15, 0.2) is 0 Å². The minimum absolute atomic E-state index is 0.0316. The number of benzene rings is 1. The Morgan fingerprint density at radius 2 is 2.23 bits per heavy atom. The van der Waals surface area contributed by atoms with E-state index >= 15 is 0 Å². The lowest BCUT2D eigenvalue weighted by atomic mass is 10.1. The number of hydrogen-bond donors (Lipinski definition) is 1. The first kappa shape index (κ1) is 21.8. The maximum absolute atomic E-state index is 10.7. The van der Waals surface area contributed by atoms with Crippen molar-refractivity contribution in [1.82, 2.24) is 14.5 Å². The fourth-order valence-electron chi connectivity index (χ4n) is 3.56. The summed E-state index contributed by atoms with van der Waals surface area (Å²) < 4.78 is 13.3. The van der Waals surface area contributed by atoms with E-state index in [1.165, 1.54) is 0 Å². The Hall–Kier alpha value is -2.39. The number of fused-ring (bicyclic) bond motifs is 1. The molecule has 0 aliphatic carbocycles. The molecule has 1 atom stereocenters. The van der Waals surface area contributed by atoms with Gasteiger partial charge in [-0.25, -0.2) is 9.97 Å². The van der Waals surface area contributed by atoms with Gasteiger partial charge in [-0.15, -0.1) is 0 Å². The Morgan fingerprint density at radius 3 is 3.00 bits per heavy atom. The molecule has 0 bridgehead atoms. The average molecular weight is 465 g/mol. The highest BCUT2D eigenvalue weighted by Crippen LogP contribution is 2.35. The first-order valence-electron chi connectivity index (χ1n) is 9.96. The smallest absolute Gasteiger partial charge is 0.305 e. The molecule has 4 rings (SSSR count). The van der Waals surface area contributed by atoms with Gasteiger partial charge in [-0.05, 0) is 18.6 Å². The van der Waals surface area contributed by atoms with E-state index in [0.29, 0.717) is 35.3 Å². The van der Waals surface area contributed by atoms with Crippen LogP contribution in [0, 0.1) is 0 Å². The van der Waals surface area contributed by atoms with Crippen molar-refractivity contribution in [2.24, 2.45) is 0 Å². The van der Waals surface area contributed by atoms with Crippen molar-refractivity contribution < 1.29 is 19.4 Å². The van der Waals surface area contributed by atoms with Crippen LogP contribution in [0.15, 0.2) is 36.9 Å². The largest absolute Gasteiger partial charge is 0.481 e. The van der Waals surface area contributed by atoms with Gasteiger partial charge in [0.25, 0.3) is 0 Å². The molecule has 1 N–H and O–H groups in total. The molecule has 1 aliphatic rings. The lowest BCUT2D eigenvalue weighted by Crippen LogP contribution is -2.35. The Labute approximate surface area is 189 Å². The predicted octanol–water partition coefficient (Wildman–Crippen LogP) is 3.81. The summed E-state index contributed by atoms with van der Waals surface area (Å²) in [5.41, 5.74) is 1.52. The van der Waals surface area contributed by atoms with Crippen LogP contribution in [0.1, 0.15) is 12.8 Å². The van der Waals surface area contributed by atoms with Crippen LogP contribution in [-0.2, 0) is 14.3 Å². The van der Waals surface area contributed by atoms with Crippen molar-refractivity contribution in [3.05, 3.63) is 47.0 Å². The van der Waals surface area contributed by atoms with Crippen LogP contribution in [0.3, 0.4) is 0 Å². The second-order valence-corrected chi connectivity index (χ2v) is 8.02. The van der Waals surface area contributed by atoms with Crippen molar-refractivity contribution in [2.75, 3.05) is 37.8 Å². The molecule has 3 aromatic rings. The van der Waals surface area contributed by atoms with Gasteiger partial charge >= 0.3 is 5.97 Å². The van der Waals surface area contributed by atoms with Gasteiger partial charge in [-0.3, -0.25) is 4.79 Å². The molecule has 0 saturated carbocycles. The highest BCUT2D eigenvalue weighted by Gasteiger charge is 2.22. The van der Waals surface area contributed by atoms with Gasteiger partial charge in [-0.1, -0.05) is 23.2 Å². The van der Waals surface area contributed by atoms with E-state index in [9.17, 15) is 4.79 Å². The Balaban J connectivity index is 1.64. The molecule has 8 nitrogen and oxygen atoms in total. The van der Waals surface area contributed by atoms with Gasteiger partial charge < -0.3 is 24.0 Å². The van der Waals surface area contributed by atoms with Crippen LogP contribution in [0.4, 0.5) is 5.82 Å². The second-order valence-electron chi connectivity index (χ2n) is 7.24. The van der Waals surface area contributed by atoms with E-state index in [1.54, 1.807) is 18.6 Å². The van der Waals surface area contributed by atoms with Crippen LogP contribution in [-0.4, -0.2) is 64.6 Å². The van der Waals surface area contributed by atoms with E-state index < -0.39 is 5.97 Å². The molecule has 2 aromatic heterocycles. The number of hydrogen-bond acceptors (Lipinski definition) is 6. The molecular weight excluding hydrogens is 443 g/mol. The van der Waals surface area contributed by atoms with Gasteiger partial charge in [0, 0.05) is 43.5 Å². The van der Waals surface area contributed by atoms with Crippen LogP contribution >= 0.6 is 23.2 Å². The molecule has 31 heavy (non-hydrogen) atoms. The summed E-state index contributed by atoms with van der Waals surface area (Å²) in [5, 5.41) is 10.5. The zero-order valence-electron chi connectivity index (χ0n) is 16.7. The van der Waals surface area contributed by atoms with Crippen molar-refractivity contribution in [2.45, 2.75) is 18.9 Å². The normalized spacial score (nSPS) is 17.1. The topological polar surface area (TPSA) is 89.7 Å². The Bertz CT molecular complexity index is 1060. The Kier molecular flexibility index (Phi) is 6.92. The predicted molar refractivity (Wildman–Crippen MR) is 119 cm³/mol. The number of carboxylic acids is 1. The van der Waals surface area contributed by atoms with Crippen molar-refractivity contribution in [3.63, 3.8) is 0 Å². The quantitative estimate of drug-likeness (QED) is 0.531. The third-order valence-corrected chi connectivity index (χ3v) is 5.85. The first-order chi connectivity index (χ1) is 15.0. The number of carboxylic acid groups (broad SMARTS) is 1. The number of pyridine rings is 1. The summed E-state index contributed by atoms with van der Waals surface area (Å²) in [6.07, 6.45) is 5.91. The lowest BCUT2D eigenvalue weighted by molar-refractivity contribution is -0.138. The minimum Gasteiger partial charge on any atom is -0.481 e. The highest BCUT2D eigenvalue weighted by molar-refractivity contribution is 6.45. The average Bonchev–Trinajstić information content (AvgIpc) is 3.19. The maximum atomic E-state index is 10.7. The van der Waals surface area contributed by atoms with Crippen LogP contribution in [0.2, 0.25) is 10.0 Å². The number of rotatable bonds is 7. The molecule has 1 aromatic carbocycles. The van der Waals surface area contributed by atoms with E-state index in [4.69, 9.17) is 42.8 Å². The SMILES string of the molecule is O=C(O)CCOCC1CN(c2cc(-n3ccnc3)c3ccc(Cl)c(Cl)c3n2)CCCO1. The molecular formula is C21H22Cl2N4O4.